The highest BCUT2D eigenvalue weighted by atomic mass is 28.4. The minimum atomic E-state index is -2.04. The Bertz CT molecular complexity index is 553. The predicted molar refractivity (Wildman–Crippen MR) is 87.5 cm³/mol. The van der Waals surface area contributed by atoms with Gasteiger partial charge < -0.3 is 14.4 Å². The standard InChI is InChI=1S/C16H27NO5Si/c1-8-11-10(9(2)22-23(6,7)16(3,4)5)14(19)17(11)12(13(8)18)15(20)21/h8-12H,1-7H3,(H,20,21)/t8-,9-,10-,11-,12?/m1/s1. The van der Waals surface area contributed by atoms with E-state index in [1.807, 2.05) is 6.92 Å². The summed E-state index contributed by atoms with van der Waals surface area (Å²) in [5.74, 6) is -2.77. The summed E-state index contributed by atoms with van der Waals surface area (Å²) in [6.07, 6.45) is -0.313. The van der Waals surface area contributed by atoms with Crippen molar-refractivity contribution in [3.05, 3.63) is 0 Å². The number of carboxylic acid groups (broad SMARTS) is 1. The number of fused-ring (bicyclic) bond motifs is 1. The molecule has 2 fully saturated rings. The van der Waals surface area contributed by atoms with Gasteiger partial charge in [-0.05, 0) is 25.1 Å². The Morgan fingerprint density at radius 1 is 1.30 bits per heavy atom. The molecule has 23 heavy (non-hydrogen) atoms. The zero-order chi connectivity index (χ0) is 17.9. The maximum atomic E-state index is 12.5. The first-order valence-electron chi connectivity index (χ1n) is 8.08. The molecular formula is C16H27NO5Si. The number of hydrogen-bond donors (Lipinski definition) is 1. The van der Waals surface area contributed by atoms with Crippen molar-refractivity contribution < 1.29 is 23.9 Å². The van der Waals surface area contributed by atoms with E-state index in [9.17, 15) is 19.5 Å². The van der Waals surface area contributed by atoms with Crippen molar-refractivity contribution in [3.8, 4) is 0 Å². The zero-order valence-corrected chi connectivity index (χ0v) is 15.9. The molecule has 0 radical (unpaired) electrons. The first kappa shape index (κ1) is 18.1. The lowest BCUT2D eigenvalue weighted by molar-refractivity contribution is -0.170. The molecule has 0 bridgehead atoms. The lowest BCUT2D eigenvalue weighted by Crippen LogP contribution is -2.67. The van der Waals surface area contributed by atoms with Crippen LogP contribution < -0.4 is 0 Å². The third kappa shape index (κ3) is 2.63. The van der Waals surface area contributed by atoms with Gasteiger partial charge in [-0.3, -0.25) is 9.59 Å². The maximum Gasteiger partial charge on any atom is 0.334 e. The van der Waals surface area contributed by atoms with Gasteiger partial charge >= 0.3 is 5.97 Å². The second kappa shape index (κ2) is 5.41. The Hall–Kier alpha value is -1.21. The molecular weight excluding hydrogens is 314 g/mol. The van der Waals surface area contributed by atoms with Gasteiger partial charge in [0.25, 0.3) is 0 Å². The molecule has 0 aliphatic carbocycles. The van der Waals surface area contributed by atoms with Gasteiger partial charge in [0.1, 0.15) is 0 Å². The van der Waals surface area contributed by atoms with E-state index in [4.69, 9.17) is 4.43 Å². The summed E-state index contributed by atoms with van der Waals surface area (Å²) in [5.41, 5.74) is 0. The molecule has 1 N–H and O–H groups in total. The molecule has 2 saturated heterocycles. The number of nitrogens with zero attached hydrogens (tertiary/aromatic N) is 1. The van der Waals surface area contributed by atoms with Crippen LogP contribution in [0.2, 0.25) is 18.1 Å². The van der Waals surface area contributed by atoms with Gasteiger partial charge in [-0.15, -0.1) is 0 Å². The molecule has 2 aliphatic rings. The highest BCUT2D eigenvalue weighted by molar-refractivity contribution is 6.74. The number of Topliss-reactive ketones (excluding diaryl/α,β-unsaturated/α-hetero) is 1. The first-order valence-corrected chi connectivity index (χ1v) is 11.0. The molecule has 130 valence electrons. The van der Waals surface area contributed by atoms with Gasteiger partial charge in [0.2, 0.25) is 5.91 Å². The molecule has 0 aromatic rings. The Kier molecular flexibility index (Phi) is 4.26. The van der Waals surface area contributed by atoms with Crippen LogP contribution in [0.4, 0.5) is 0 Å². The van der Waals surface area contributed by atoms with Gasteiger partial charge in [-0.1, -0.05) is 27.7 Å². The maximum absolute atomic E-state index is 12.5. The second-order valence-electron chi connectivity index (χ2n) is 8.28. The Labute approximate surface area is 138 Å². The van der Waals surface area contributed by atoms with Crippen LogP contribution in [0.5, 0.6) is 0 Å². The number of carbonyl (C=O) groups excluding carboxylic acids is 2. The topological polar surface area (TPSA) is 83.9 Å². The summed E-state index contributed by atoms with van der Waals surface area (Å²) in [4.78, 5) is 37.2. The van der Waals surface area contributed by atoms with E-state index in [0.717, 1.165) is 0 Å². The summed E-state index contributed by atoms with van der Waals surface area (Å²) in [5, 5.41) is 9.24. The Balaban J connectivity index is 2.19. The average Bonchev–Trinajstić information content (AvgIpc) is 2.58. The van der Waals surface area contributed by atoms with Gasteiger partial charge in [-0.25, -0.2) is 4.79 Å². The minimum absolute atomic E-state index is 0.0223. The van der Waals surface area contributed by atoms with Crippen LogP contribution in [0.1, 0.15) is 34.6 Å². The molecule has 0 aromatic carbocycles. The van der Waals surface area contributed by atoms with Crippen molar-refractivity contribution in [2.75, 3.05) is 0 Å². The molecule has 1 amide bonds. The molecule has 2 heterocycles. The number of carbonyl (C=O) groups is 3. The van der Waals surface area contributed by atoms with Gasteiger partial charge in [0, 0.05) is 5.92 Å². The van der Waals surface area contributed by atoms with E-state index in [0.29, 0.717) is 0 Å². The zero-order valence-electron chi connectivity index (χ0n) is 14.9. The van der Waals surface area contributed by atoms with E-state index >= 15 is 0 Å². The van der Waals surface area contributed by atoms with Crippen LogP contribution in [0.15, 0.2) is 0 Å². The molecule has 1 unspecified atom stereocenters. The fourth-order valence-electron chi connectivity index (χ4n) is 3.40. The van der Waals surface area contributed by atoms with Crippen molar-refractivity contribution >= 4 is 26.0 Å². The smallest absolute Gasteiger partial charge is 0.334 e. The largest absolute Gasteiger partial charge is 0.479 e. The fraction of sp³-hybridized carbons (Fsp3) is 0.812. The van der Waals surface area contributed by atoms with Crippen LogP contribution in [-0.2, 0) is 18.8 Å². The summed E-state index contributed by atoms with van der Waals surface area (Å²) < 4.78 is 6.30. The van der Waals surface area contributed by atoms with Crippen molar-refractivity contribution in [1.29, 1.82) is 0 Å². The molecule has 0 saturated carbocycles. The number of hydrogen-bond acceptors (Lipinski definition) is 4. The SMILES string of the molecule is C[C@@H](O[Si](C)(C)C(C)(C)C)[C@H]1C(=O)N2C(C(=O)O)C(=O)[C@H](C)[C@H]12. The lowest BCUT2D eigenvalue weighted by Gasteiger charge is -2.49. The van der Waals surface area contributed by atoms with Gasteiger partial charge in [-0.2, -0.15) is 0 Å². The average molecular weight is 341 g/mol. The molecule has 0 aromatic heterocycles. The number of rotatable bonds is 4. The second-order valence-corrected chi connectivity index (χ2v) is 13.0. The van der Waals surface area contributed by atoms with Gasteiger partial charge in [0.05, 0.1) is 18.1 Å². The van der Waals surface area contributed by atoms with Crippen LogP contribution in [-0.4, -0.2) is 54.2 Å². The monoisotopic (exact) mass is 341 g/mol. The summed E-state index contributed by atoms with van der Waals surface area (Å²) in [6, 6.07) is -1.67. The molecule has 6 nitrogen and oxygen atoms in total. The number of aliphatic carboxylic acids is 1. The quantitative estimate of drug-likeness (QED) is 0.480. The lowest BCUT2D eigenvalue weighted by atomic mass is 9.79. The summed E-state index contributed by atoms with van der Waals surface area (Å²) in [6.45, 7) is 14.2. The number of ketones is 1. The predicted octanol–water partition coefficient (Wildman–Crippen LogP) is 1.90. The number of β-lactam (4-membered cyclic amide) rings is 1. The van der Waals surface area contributed by atoms with Crippen molar-refractivity contribution in [2.45, 2.75) is 70.9 Å². The normalized spacial score (nSPS) is 32.6. The third-order valence-electron chi connectivity index (χ3n) is 5.76. The van der Waals surface area contributed by atoms with E-state index in [2.05, 4.69) is 33.9 Å². The molecule has 2 aliphatic heterocycles. The molecule has 2 rings (SSSR count). The summed E-state index contributed by atoms with van der Waals surface area (Å²) in [7, 11) is -2.04. The van der Waals surface area contributed by atoms with Gasteiger partial charge in [0.15, 0.2) is 20.1 Å². The van der Waals surface area contributed by atoms with Crippen molar-refractivity contribution in [1.82, 2.24) is 4.90 Å². The highest BCUT2D eigenvalue weighted by Crippen LogP contribution is 2.45. The van der Waals surface area contributed by atoms with Crippen LogP contribution >= 0.6 is 0 Å². The van der Waals surface area contributed by atoms with Crippen LogP contribution in [0.25, 0.3) is 0 Å². The molecule has 5 atom stereocenters. The Morgan fingerprint density at radius 3 is 2.26 bits per heavy atom. The first-order chi connectivity index (χ1) is 10.3. The van der Waals surface area contributed by atoms with Crippen LogP contribution in [0.3, 0.4) is 0 Å². The molecule has 0 spiro atoms. The number of carboxylic acids is 1. The Morgan fingerprint density at radius 2 is 1.83 bits per heavy atom. The van der Waals surface area contributed by atoms with Crippen molar-refractivity contribution in [3.63, 3.8) is 0 Å². The number of amides is 1. The highest BCUT2D eigenvalue weighted by Gasteiger charge is 2.65. The van der Waals surface area contributed by atoms with E-state index < -0.39 is 32.2 Å². The third-order valence-corrected chi connectivity index (χ3v) is 10.3. The molecule has 7 heteroatoms. The minimum Gasteiger partial charge on any atom is -0.479 e. The van der Waals surface area contributed by atoms with Crippen molar-refractivity contribution in [2.24, 2.45) is 11.8 Å². The fourth-order valence-corrected chi connectivity index (χ4v) is 4.83. The van der Waals surface area contributed by atoms with E-state index in [1.165, 1.54) is 4.90 Å². The van der Waals surface area contributed by atoms with Crippen LogP contribution in [0, 0.1) is 11.8 Å². The summed E-state index contributed by atoms with van der Waals surface area (Å²) >= 11 is 0. The van der Waals surface area contributed by atoms with E-state index in [-0.39, 0.29) is 28.9 Å². The van der Waals surface area contributed by atoms with E-state index in [1.54, 1.807) is 6.92 Å².